The number of halogens is 2. The van der Waals surface area contributed by atoms with E-state index in [0.717, 1.165) is 37.1 Å². The van der Waals surface area contributed by atoms with Gasteiger partial charge in [-0.25, -0.2) is 8.78 Å². The van der Waals surface area contributed by atoms with E-state index in [4.69, 9.17) is 5.73 Å². The van der Waals surface area contributed by atoms with E-state index in [-0.39, 0.29) is 11.7 Å². The number of hydrogen-bond donors (Lipinski definition) is 2. The number of thioether (sulfide) groups is 1. The van der Waals surface area contributed by atoms with Crippen molar-refractivity contribution in [1.29, 1.82) is 0 Å². The molecule has 0 aromatic heterocycles. The van der Waals surface area contributed by atoms with Crippen LogP contribution in [0.4, 0.5) is 14.5 Å². The molecule has 1 aromatic rings. The zero-order chi connectivity index (χ0) is 14.7. The molecule has 1 aliphatic carbocycles. The smallest absolute Gasteiger partial charge is 0.257 e. The van der Waals surface area contributed by atoms with Gasteiger partial charge in [0.1, 0.15) is 11.4 Å². The van der Waals surface area contributed by atoms with Crippen LogP contribution in [0.5, 0.6) is 0 Å². The summed E-state index contributed by atoms with van der Waals surface area (Å²) in [5.41, 5.74) is 4.58. The van der Waals surface area contributed by atoms with Crippen LogP contribution in [0.15, 0.2) is 12.1 Å². The van der Waals surface area contributed by atoms with E-state index >= 15 is 0 Å². The summed E-state index contributed by atoms with van der Waals surface area (Å²) in [7, 11) is 0. The highest BCUT2D eigenvalue weighted by Gasteiger charge is 2.30. The van der Waals surface area contributed by atoms with Crippen molar-refractivity contribution in [1.82, 2.24) is 5.32 Å². The van der Waals surface area contributed by atoms with Crippen molar-refractivity contribution >= 4 is 23.4 Å². The zero-order valence-electron chi connectivity index (χ0n) is 11.3. The Labute approximate surface area is 121 Å². The Kier molecular flexibility index (Phi) is 4.86. The Morgan fingerprint density at radius 1 is 1.45 bits per heavy atom. The number of amides is 1. The van der Waals surface area contributed by atoms with Gasteiger partial charge in [0.2, 0.25) is 0 Å². The Hall–Kier alpha value is -1.30. The number of nitrogens with one attached hydrogen (secondary N) is 1. The van der Waals surface area contributed by atoms with Crippen LogP contribution in [0, 0.1) is 11.6 Å². The maximum absolute atomic E-state index is 13.8. The van der Waals surface area contributed by atoms with Gasteiger partial charge in [0.05, 0.1) is 5.69 Å². The topological polar surface area (TPSA) is 55.1 Å². The van der Waals surface area contributed by atoms with Crippen LogP contribution in [0.1, 0.15) is 36.5 Å². The molecule has 0 spiro atoms. The first-order valence-corrected chi connectivity index (χ1v) is 7.75. The first-order valence-electron chi connectivity index (χ1n) is 6.70. The summed E-state index contributed by atoms with van der Waals surface area (Å²) in [6.45, 7) is 2.05. The van der Waals surface area contributed by atoms with Gasteiger partial charge in [-0.15, -0.1) is 0 Å². The third kappa shape index (κ3) is 3.06. The molecule has 2 atom stereocenters. The van der Waals surface area contributed by atoms with Gasteiger partial charge < -0.3 is 11.1 Å². The average molecular weight is 300 g/mol. The van der Waals surface area contributed by atoms with Crippen molar-refractivity contribution in [3.8, 4) is 0 Å². The Bertz CT molecular complexity index is 510. The van der Waals surface area contributed by atoms with E-state index < -0.39 is 23.1 Å². The van der Waals surface area contributed by atoms with Gasteiger partial charge in [0.25, 0.3) is 5.91 Å². The van der Waals surface area contributed by atoms with Gasteiger partial charge in [-0.3, -0.25) is 4.79 Å². The third-order valence-corrected chi connectivity index (χ3v) is 4.82. The average Bonchev–Trinajstić information content (AvgIpc) is 2.82. The van der Waals surface area contributed by atoms with E-state index in [1.165, 1.54) is 0 Å². The molecule has 3 N–H and O–H groups in total. The number of nitrogen functional groups attached to an aromatic ring is 1. The fraction of sp³-hybridized carbons (Fsp3) is 0.500. The van der Waals surface area contributed by atoms with Gasteiger partial charge >= 0.3 is 0 Å². The molecule has 1 aliphatic rings. The fourth-order valence-electron chi connectivity index (χ4n) is 2.52. The van der Waals surface area contributed by atoms with Crippen LogP contribution < -0.4 is 11.1 Å². The lowest BCUT2D eigenvalue weighted by molar-refractivity contribution is 0.0930. The van der Waals surface area contributed by atoms with Gasteiger partial charge in [-0.05, 0) is 30.7 Å². The SMILES string of the molecule is CCSC1CCCC1NC(=O)c1c(F)ccc(N)c1F. The second-order valence-corrected chi connectivity index (χ2v) is 6.35. The second kappa shape index (κ2) is 6.43. The van der Waals surface area contributed by atoms with Crippen LogP contribution in [0.2, 0.25) is 0 Å². The largest absolute Gasteiger partial charge is 0.396 e. The molecule has 0 heterocycles. The summed E-state index contributed by atoms with van der Waals surface area (Å²) in [5.74, 6) is -1.63. The molecule has 2 rings (SSSR count). The van der Waals surface area contributed by atoms with Crippen molar-refractivity contribution in [2.45, 2.75) is 37.5 Å². The van der Waals surface area contributed by atoms with E-state index in [1.54, 1.807) is 11.8 Å². The van der Waals surface area contributed by atoms with Crippen molar-refractivity contribution in [3.63, 3.8) is 0 Å². The van der Waals surface area contributed by atoms with E-state index in [1.807, 2.05) is 0 Å². The van der Waals surface area contributed by atoms with Crippen LogP contribution in [0.3, 0.4) is 0 Å². The monoisotopic (exact) mass is 300 g/mol. The van der Waals surface area contributed by atoms with Crippen molar-refractivity contribution in [2.24, 2.45) is 0 Å². The molecule has 20 heavy (non-hydrogen) atoms. The number of nitrogens with two attached hydrogens (primary N) is 1. The lowest BCUT2D eigenvalue weighted by Gasteiger charge is -2.20. The minimum absolute atomic E-state index is 0.0346. The molecule has 0 bridgehead atoms. The second-order valence-electron chi connectivity index (χ2n) is 4.83. The highest BCUT2D eigenvalue weighted by molar-refractivity contribution is 7.99. The first kappa shape index (κ1) is 15.1. The summed E-state index contributed by atoms with van der Waals surface area (Å²) in [6.07, 6.45) is 2.88. The van der Waals surface area contributed by atoms with Gasteiger partial charge in [0.15, 0.2) is 5.82 Å². The lowest BCUT2D eigenvalue weighted by Crippen LogP contribution is -2.39. The number of hydrogen-bond acceptors (Lipinski definition) is 3. The molecule has 1 amide bonds. The maximum atomic E-state index is 13.8. The molecular formula is C14H18F2N2OS. The number of anilines is 1. The van der Waals surface area contributed by atoms with Crippen molar-refractivity contribution in [2.75, 3.05) is 11.5 Å². The van der Waals surface area contributed by atoms with Crippen LogP contribution in [-0.4, -0.2) is 23.0 Å². The van der Waals surface area contributed by atoms with E-state index in [0.29, 0.717) is 5.25 Å². The molecule has 1 aromatic carbocycles. The molecule has 0 saturated heterocycles. The van der Waals surface area contributed by atoms with Crippen molar-refractivity contribution in [3.05, 3.63) is 29.3 Å². The van der Waals surface area contributed by atoms with E-state index in [9.17, 15) is 13.6 Å². The molecule has 0 radical (unpaired) electrons. The summed E-state index contributed by atoms with van der Waals surface area (Å²) < 4.78 is 27.4. The molecule has 2 unspecified atom stereocenters. The van der Waals surface area contributed by atoms with Crippen LogP contribution in [-0.2, 0) is 0 Å². The quantitative estimate of drug-likeness (QED) is 0.841. The number of rotatable bonds is 4. The predicted octanol–water partition coefficient (Wildman–Crippen LogP) is 2.95. The van der Waals surface area contributed by atoms with Gasteiger partial charge in [0, 0.05) is 11.3 Å². The predicted molar refractivity (Wildman–Crippen MR) is 77.8 cm³/mol. The highest BCUT2D eigenvalue weighted by atomic mass is 32.2. The van der Waals surface area contributed by atoms with Gasteiger partial charge in [-0.2, -0.15) is 11.8 Å². The van der Waals surface area contributed by atoms with Gasteiger partial charge in [-0.1, -0.05) is 13.3 Å². The zero-order valence-corrected chi connectivity index (χ0v) is 12.1. The highest BCUT2D eigenvalue weighted by Crippen LogP contribution is 2.30. The van der Waals surface area contributed by atoms with Crippen LogP contribution >= 0.6 is 11.8 Å². The first-order chi connectivity index (χ1) is 9.54. The maximum Gasteiger partial charge on any atom is 0.257 e. The van der Waals surface area contributed by atoms with Crippen molar-refractivity contribution < 1.29 is 13.6 Å². The number of carbonyl (C=O) groups excluding carboxylic acids is 1. The molecule has 6 heteroatoms. The molecule has 1 fully saturated rings. The molecule has 3 nitrogen and oxygen atoms in total. The fourth-order valence-corrected chi connectivity index (χ4v) is 3.72. The minimum Gasteiger partial charge on any atom is -0.396 e. The minimum atomic E-state index is -0.986. The Balaban J connectivity index is 2.14. The lowest BCUT2D eigenvalue weighted by atomic mass is 10.1. The summed E-state index contributed by atoms with van der Waals surface area (Å²) in [5, 5.41) is 3.06. The summed E-state index contributed by atoms with van der Waals surface area (Å²) in [6, 6.07) is 2.10. The normalized spacial score (nSPS) is 21.9. The number of carbonyl (C=O) groups is 1. The standard InChI is InChI=1S/C14H18F2N2OS/c1-2-20-11-5-3-4-10(11)18-14(19)12-8(15)6-7-9(17)13(12)16/h6-7,10-11H,2-5,17H2,1H3,(H,18,19). The molecule has 0 aliphatic heterocycles. The Morgan fingerprint density at radius 2 is 2.20 bits per heavy atom. The summed E-state index contributed by atoms with van der Waals surface area (Å²) in [4.78, 5) is 12.1. The summed E-state index contributed by atoms with van der Waals surface area (Å²) >= 11 is 1.77. The molecular weight excluding hydrogens is 282 g/mol. The third-order valence-electron chi connectivity index (χ3n) is 3.50. The molecule has 110 valence electrons. The van der Waals surface area contributed by atoms with E-state index in [2.05, 4.69) is 12.2 Å². The van der Waals surface area contributed by atoms with Crippen LogP contribution in [0.25, 0.3) is 0 Å². The molecule has 1 saturated carbocycles. The Morgan fingerprint density at radius 3 is 2.90 bits per heavy atom. The number of benzene rings is 1.